The quantitative estimate of drug-likeness (QED) is 0.829. The van der Waals surface area contributed by atoms with Gasteiger partial charge in [0.25, 0.3) is 5.91 Å². The van der Waals surface area contributed by atoms with Crippen molar-refractivity contribution >= 4 is 5.91 Å². The van der Waals surface area contributed by atoms with Gasteiger partial charge >= 0.3 is 0 Å². The number of aliphatic hydroxyl groups is 1. The molecule has 0 saturated heterocycles. The van der Waals surface area contributed by atoms with Gasteiger partial charge in [0, 0.05) is 11.1 Å². The Labute approximate surface area is 120 Å². The zero-order chi connectivity index (χ0) is 14.6. The number of hydrogen-bond acceptors (Lipinski definition) is 2. The fraction of sp³-hybridized carbons (Fsp3) is 0.471. The van der Waals surface area contributed by atoms with Crippen LogP contribution >= 0.6 is 0 Å². The minimum atomic E-state index is -0.201. The third kappa shape index (κ3) is 3.02. The number of nitrogens with one attached hydrogen (secondary N) is 1. The first-order chi connectivity index (χ1) is 9.60. The molecular weight excluding hydrogens is 250 g/mol. The highest BCUT2D eigenvalue weighted by molar-refractivity contribution is 5.97. The van der Waals surface area contributed by atoms with E-state index in [9.17, 15) is 4.79 Å². The first-order valence-electron chi connectivity index (χ1n) is 7.13. The van der Waals surface area contributed by atoms with Crippen LogP contribution in [0.2, 0.25) is 0 Å². The summed E-state index contributed by atoms with van der Waals surface area (Å²) in [4.78, 5) is 12.5. The van der Waals surface area contributed by atoms with Crippen molar-refractivity contribution in [3.8, 4) is 11.8 Å². The second-order valence-electron chi connectivity index (χ2n) is 5.45. The Morgan fingerprint density at radius 3 is 2.75 bits per heavy atom. The molecule has 3 nitrogen and oxygen atoms in total. The summed E-state index contributed by atoms with van der Waals surface area (Å²) in [7, 11) is 0. The van der Waals surface area contributed by atoms with Crippen molar-refractivity contribution in [2.24, 2.45) is 0 Å². The summed E-state index contributed by atoms with van der Waals surface area (Å²) in [5, 5.41) is 12.0. The summed E-state index contributed by atoms with van der Waals surface area (Å²) >= 11 is 0. The molecule has 0 radical (unpaired) electrons. The maximum atomic E-state index is 12.5. The molecule has 0 atom stereocenters. The molecule has 1 aliphatic carbocycles. The molecule has 1 amide bonds. The van der Waals surface area contributed by atoms with Crippen molar-refractivity contribution in [1.82, 2.24) is 5.32 Å². The van der Waals surface area contributed by atoms with Gasteiger partial charge in [0.15, 0.2) is 0 Å². The average Bonchev–Trinajstić information content (AvgIpc) is 2.41. The van der Waals surface area contributed by atoms with E-state index >= 15 is 0 Å². The molecule has 1 fully saturated rings. The van der Waals surface area contributed by atoms with Crippen LogP contribution in [0.3, 0.4) is 0 Å². The van der Waals surface area contributed by atoms with Crippen molar-refractivity contribution in [2.75, 3.05) is 6.61 Å². The summed E-state index contributed by atoms with van der Waals surface area (Å²) in [5.41, 5.74) is 2.28. The number of carbonyl (C=O) groups is 1. The Hall–Kier alpha value is -1.79. The lowest BCUT2D eigenvalue weighted by Crippen LogP contribution is -2.53. The summed E-state index contributed by atoms with van der Waals surface area (Å²) in [6.45, 7) is 3.87. The van der Waals surface area contributed by atoms with E-state index < -0.39 is 0 Å². The van der Waals surface area contributed by atoms with E-state index in [0.717, 1.165) is 24.8 Å². The Balaban J connectivity index is 2.26. The number of carbonyl (C=O) groups excluding carboxylic acids is 1. The van der Waals surface area contributed by atoms with Crippen molar-refractivity contribution < 1.29 is 9.90 Å². The maximum absolute atomic E-state index is 12.5. The number of aliphatic hydroxyl groups excluding tert-OH is 1. The molecule has 0 unspecified atom stereocenters. The number of rotatable bonds is 3. The van der Waals surface area contributed by atoms with Gasteiger partial charge in [0.05, 0.1) is 5.56 Å². The molecular formula is C17H21NO2. The van der Waals surface area contributed by atoms with E-state index in [1.165, 1.54) is 6.42 Å². The molecule has 1 aliphatic rings. The van der Waals surface area contributed by atoms with Gasteiger partial charge in [0.1, 0.15) is 6.61 Å². The normalized spacial score (nSPS) is 15.8. The number of amides is 1. The molecule has 0 bridgehead atoms. The highest BCUT2D eigenvalue weighted by atomic mass is 16.2. The second kappa shape index (κ2) is 6.11. The van der Waals surface area contributed by atoms with Gasteiger partial charge < -0.3 is 10.4 Å². The van der Waals surface area contributed by atoms with Crippen LogP contribution in [0, 0.1) is 18.8 Å². The third-order valence-corrected chi connectivity index (χ3v) is 4.09. The molecule has 0 spiro atoms. The molecule has 1 saturated carbocycles. The van der Waals surface area contributed by atoms with E-state index in [1.807, 2.05) is 25.1 Å². The van der Waals surface area contributed by atoms with Crippen molar-refractivity contribution in [3.63, 3.8) is 0 Å². The van der Waals surface area contributed by atoms with Gasteiger partial charge in [-0.15, -0.1) is 0 Å². The topological polar surface area (TPSA) is 49.3 Å². The van der Waals surface area contributed by atoms with E-state index in [1.54, 1.807) is 0 Å². The Kier molecular flexibility index (Phi) is 4.46. The van der Waals surface area contributed by atoms with Crippen molar-refractivity contribution in [3.05, 3.63) is 34.9 Å². The largest absolute Gasteiger partial charge is 0.384 e. The van der Waals surface area contributed by atoms with Gasteiger partial charge in [-0.05, 0) is 44.7 Å². The van der Waals surface area contributed by atoms with Crippen molar-refractivity contribution in [2.45, 2.75) is 45.1 Å². The van der Waals surface area contributed by atoms with Crippen LogP contribution in [0.1, 0.15) is 54.1 Å². The first-order valence-corrected chi connectivity index (χ1v) is 7.13. The summed E-state index contributed by atoms with van der Waals surface area (Å²) < 4.78 is 0. The molecule has 1 aromatic rings. The Morgan fingerprint density at radius 1 is 1.45 bits per heavy atom. The monoisotopic (exact) mass is 271 g/mol. The predicted molar refractivity (Wildman–Crippen MR) is 79.5 cm³/mol. The summed E-state index contributed by atoms with van der Waals surface area (Å²) in [5.74, 6) is 5.40. The summed E-state index contributed by atoms with van der Waals surface area (Å²) in [6, 6.07) is 5.63. The van der Waals surface area contributed by atoms with Crippen LogP contribution in [0.4, 0.5) is 0 Å². The van der Waals surface area contributed by atoms with Crippen LogP contribution < -0.4 is 5.32 Å². The molecule has 0 aromatic heterocycles. The van der Waals surface area contributed by atoms with E-state index in [-0.39, 0.29) is 18.1 Å². The van der Waals surface area contributed by atoms with E-state index in [0.29, 0.717) is 11.1 Å². The highest BCUT2D eigenvalue weighted by Gasteiger charge is 2.36. The second-order valence-corrected chi connectivity index (χ2v) is 5.45. The van der Waals surface area contributed by atoms with Crippen LogP contribution in [-0.4, -0.2) is 23.2 Å². The standard InChI is InChI=1S/C17H21NO2/c1-3-17(9-5-10-17)18-16(20)15-12-13(2)7-8-14(15)6-4-11-19/h7-8,12,19H,3,5,9-11H2,1-2H3,(H,18,20). The van der Waals surface area contributed by atoms with Crippen LogP contribution in [0.15, 0.2) is 18.2 Å². The predicted octanol–water partition coefficient (Wildman–Crippen LogP) is 2.40. The smallest absolute Gasteiger partial charge is 0.252 e. The van der Waals surface area contributed by atoms with E-state index in [4.69, 9.17) is 5.11 Å². The van der Waals surface area contributed by atoms with Crippen LogP contribution in [-0.2, 0) is 0 Å². The van der Waals surface area contributed by atoms with Crippen LogP contribution in [0.25, 0.3) is 0 Å². The number of aryl methyl sites for hydroxylation is 1. The molecule has 1 aromatic carbocycles. The zero-order valence-electron chi connectivity index (χ0n) is 12.1. The van der Waals surface area contributed by atoms with Crippen LogP contribution in [0.5, 0.6) is 0 Å². The fourth-order valence-corrected chi connectivity index (χ4v) is 2.57. The Bertz CT molecular complexity index is 557. The van der Waals surface area contributed by atoms with Gasteiger partial charge in [-0.3, -0.25) is 4.79 Å². The average molecular weight is 271 g/mol. The maximum Gasteiger partial charge on any atom is 0.252 e. The van der Waals surface area contributed by atoms with Gasteiger partial charge in [-0.25, -0.2) is 0 Å². The lowest BCUT2D eigenvalue weighted by molar-refractivity contribution is 0.0820. The SMILES string of the molecule is CCC1(NC(=O)c2cc(C)ccc2C#CCO)CCC1. The number of benzene rings is 1. The highest BCUT2D eigenvalue weighted by Crippen LogP contribution is 2.35. The van der Waals surface area contributed by atoms with Gasteiger partial charge in [-0.2, -0.15) is 0 Å². The lowest BCUT2D eigenvalue weighted by atomic mass is 9.74. The molecule has 2 rings (SSSR count). The minimum Gasteiger partial charge on any atom is -0.384 e. The lowest BCUT2D eigenvalue weighted by Gasteiger charge is -2.42. The summed E-state index contributed by atoms with van der Waals surface area (Å²) in [6.07, 6.45) is 4.25. The molecule has 106 valence electrons. The number of hydrogen-bond donors (Lipinski definition) is 2. The molecule has 0 heterocycles. The molecule has 3 heteroatoms. The molecule has 0 aliphatic heterocycles. The third-order valence-electron chi connectivity index (χ3n) is 4.09. The van der Waals surface area contributed by atoms with Gasteiger partial charge in [0.2, 0.25) is 0 Å². The minimum absolute atomic E-state index is 0.0253. The first kappa shape index (κ1) is 14.6. The van der Waals surface area contributed by atoms with E-state index in [2.05, 4.69) is 24.1 Å². The van der Waals surface area contributed by atoms with Crippen molar-refractivity contribution in [1.29, 1.82) is 0 Å². The van der Waals surface area contributed by atoms with Gasteiger partial charge in [-0.1, -0.05) is 30.4 Å². The fourth-order valence-electron chi connectivity index (χ4n) is 2.57. The molecule has 20 heavy (non-hydrogen) atoms. The zero-order valence-corrected chi connectivity index (χ0v) is 12.1. The molecule has 2 N–H and O–H groups in total. The Morgan fingerprint density at radius 2 is 2.20 bits per heavy atom.